The second-order valence-electron chi connectivity index (χ2n) is 6.33. The Bertz CT molecular complexity index is 876. The highest BCUT2D eigenvalue weighted by atomic mass is 32.2. The van der Waals surface area contributed by atoms with E-state index in [2.05, 4.69) is 32.7 Å². The van der Waals surface area contributed by atoms with Crippen molar-refractivity contribution in [1.29, 1.82) is 0 Å². The van der Waals surface area contributed by atoms with E-state index in [9.17, 15) is 8.42 Å². The van der Waals surface area contributed by atoms with Crippen molar-refractivity contribution < 1.29 is 8.42 Å². The van der Waals surface area contributed by atoms with Crippen molar-refractivity contribution in [2.75, 3.05) is 18.1 Å². The Hall–Kier alpha value is -1.93. The molecule has 1 aromatic heterocycles. The van der Waals surface area contributed by atoms with E-state index in [1.165, 1.54) is 0 Å². The molecule has 0 radical (unpaired) electrons. The van der Waals surface area contributed by atoms with Crippen molar-refractivity contribution in [3.63, 3.8) is 0 Å². The topological polar surface area (TPSA) is 83.4 Å². The Kier molecular flexibility index (Phi) is 5.93. The Labute approximate surface area is 158 Å². The largest absolute Gasteiger partial charge is 0.357 e. The maximum atomic E-state index is 11.6. The van der Waals surface area contributed by atoms with Gasteiger partial charge in [-0.05, 0) is 20.3 Å². The van der Waals surface area contributed by atoms with Gasteiger partial charge >= 0.3 is 0 Å². The number of aryl methyl sites for hydroxylation is 1. The Morgan fingerprint density at radius 2 is 2.12 bits per heavy atom. The summed E-state index contributed by atoms with van der Waals surface area (Å²) in [5.74, 6) is 1.08. The number of aliphatic imine (C=N–C) groups is 1. The SMILES string of the molecule is CCNC(=NCc1sc(-c2ccccc2)nc1C)NC1CCS(=O)(=O)C1. The molecule has 0 amide bonds. The number of hydrogen-bond acceptors (Lipinski definition) is 5. The molecule has 1 unspecified atom stereocenters. The van der Waals surface area contributed by atoms with Crippen LogP contribution in [0, 0.1) is 6.92 Å². The average molecular weight is 393 g/mol. The van der Waals surface area contributed by atoms with Gasteiger partial charge in [-0.15, -0.1) is 11.3 Å². The van der Waals surface area contributed by atoms with Crippen LogP contribution in [0.2, 0.25) is 0 Å². The standard InChI is InChI=1S/C18H24N4O2S2/c1-3-19-18(22-15-9-10-26(23,24)12-15)20-11-16-13(2)21-17(25-16)14-7-5-4-6-8-14/h4-8,15H,3,9-12H2,1-2H3,(H2,19,20,22). The highest BCUT2D eigenvalue weighted by Crippen LogP contribution is 2.28. The molecular weight excluding hydrogens is 368 g/mol. The number of guanidine groups is 1. The van der Waals surface area contributed by atoms with Gasteiger partial charge in [-0.2, -0.15) is 0 Å². The lowest BCUT2D eigenvalue weighted by Gasteiger charge is -2.15. The predicted octanol–water partition coefficient (Wildman–Crippen LogP) is 2.36. The van der Waals surface area contributed by atoms with Gasteiger partial charge in [-0.3, -0.25) is 0 Å². The first-order valence-corrected chi connectivity index (χ1v) is 11.4. The van der Waals surface area contributed by atoms with Crippen LogP contribution in [-0.4, -0.2) is 43.5 Å². The number of benzene rings is 1. The highest BCUT2D eigenvalue weighted by molar-refractivity contribution is 7.91. The van der Waals surface area contributed by atoms with Gasteiger partial charge < -0.3 is 10.6 Å². The molecule has 26 heavy (non-hydrogen) atoms. The molecule has 8 heteroatoms. The van der Waals surface area contributed by atoms with E-state index in [0.29, 0.717) is 18.9 Å². The summed E-state index contributed by atoms with van der Waals surface area (Å²) < 4.78 is 23.3. The molecule has 0 spiro atoms. The van der Waals surface area contributed by atoms with Crippen LogP contribution < -0.4 is 10.6 Å². The van der Waals surface area contributed by atoms with E-state index in [-0.39, 0.29) is 17.5 Å². The van der Waals surface area contributed by atoms with Crippen molar-refractivity contribution in [2.45, 2.75) is 32.9 Å². The van der Waals surface area contributed by atoms with E-state index in [4.69, 9.17) is 0 Å². The Balaban J connectivity index is 1.71. The second-order valence-corrected chi connectivity index (χ2v) is 9.65. The lowest BCUT2D eigenvalue weighted by molar-refractivity contribution is 0.599. The zero-order chi connectivity index (χ0) is 18.6. The van der Waals surface area contributed by atoms with Crippen molar-refractivity contribution in [3.8, 4) is 10.6 Å². The number of sulfone groups is 1. The van der Waals surface area contributed by atoms with E-state index in [0.717, 1.165) is 27.7 Å². The van der Waals surface area contributed by atoms with Crippen molar-refractivity contribution >= 4 is 27.1 Å². The lowest BCUT2D eigenvalue weighted by Crippen LogP contribution is -2.44. The van der Waals surface area contributed by atoms with Crippen molar-refractivity contribution in [3.05, 3.63) is 40.9 Å². The second kappa shape index (κ2) is 8.18. The molecule has 1 aliphatic heterocycles. The third kappa shape index (κ3) is 4.82. The Morgan fingerprint density at radius 3 is 2.77 bits per heavy atom. The summed E-state index contributed by atoms with van der Waals surface area (Å²) >= 11 is 1.65. The van der Waals surface area contributed by atoms with Gasteiger partial charge in [0.2, 0.25) is 0 Å². The predicted molar refractivity (Wildman–Crippen MR) is 107 cm³/mol. The molecule has 140 valence electrons. The molecule has 2 heterocycles. The van der Waals surface area contributed by atoms with E-state index in [1.54, 1.807) is 11.3 Å². The minimum Gasteiger partial charge on any atom is -0.357 e. The summed E-state index contributed by atoms with van der Waals surface area (Å²) in [4.78, 5) is 10.4. The molecule has 1 aromatic carbocycles. The van der Waals surface area contributed by atoms with E-state index < -0.39 is 9.84 Å². The molecule has 0 saturated carbocycles. The third-order valence-electron chi connectivity index (χ3n) is 4.21. The zero-order valence-corrected chi connectivity index (χ0v) is 16.7. The third-order valence-corrected chi connectivity index (χ3v) is 7.17. The molecule has 0 aliphatic carbocycles. The van der Waals surface area contributed by atoms with Gasteiger partial charge in [0.05, 0.1) is 23.7 Å². The number of aromatic nitrogens is 1. The maximum Gasteiger partial charge on any atom is 0.191 e. The molecule has 6 nitrogen and oxygen atoms in total. The molecule has 3 rings (SSSR count). The van der Waals surface area contributed by atoms with Gasteiger partial charge in [0, 0.05) is 23.0 Å². The lowest BCUT2D eigenvalue weighted by atomic mass is 10.2. The normalized spacial score (nSPS) is 19.5. The fourth-order valence-electron chi connectivity index (χ4n) is 2.85. The molecule has 1 aliphatic rings. The summed E-state index contributed by atoms with van der Waals surface area (Å²) in [6, 6.07) is 10.0. The van der Waals surface area contributed by atoms with E-state index in [1.807, 2.05) is 32.0 Å². The van der Waals surface area contributed by atoms with Crippen molar-refractivity contribution in [2.24, 2.45) is 4.99 Å². The monoisotopic (exact) mass is 392 g/mol. The molecule has 0 bridgehead atoms. The van der Waals surface area contributed by atoms with Crippen LogP contribution >= 0.6 is 11.3 Å². The molecule has 1 saturated heterocycles. The summed E-state index contributed by atoms with van der Waals surface area (Å²) in [7, 11) is -2.91. The number of hydrogen-bond donors (Lipinski definition) is 2. The van der Waals surface area contributed by atoms with Crippen molar-refractivity contribution in [1.82, 2.24) is 15.6 Å². The van der Waals surface area contributed by atoms with Crippen LogP contribution in [0.1, 0.15) is 23.9 Å². The first-order chi connectivity index (χ1) is 12.5. The smallest absolute Gasteiger partial charge is 0.191 e. The number of rotatable bonds is 5. The average Bonchev–Trinajstić information content (AvgIpc) is 3.15. The zero-order valence-electron chi connectivity index (χ0n) is 15.0. The first-order valence-electron chi connectivity index (χ1n) is 8.74. The number of nitrogens with one attached hydrogen (secondary N) is 2. The molecule has 2 N–H and O–H groups in total. The summed E-state index contributed by atoms with van der Waals surface area (Å²) in [5.41, 5.74) is 2.09. The summed E-state index contributed by atoms with van der Waals surface area (Å²) in [6.45, 7) is 5.24. The summed E-state index contributed by atoms with van der Waals surface area (Å²) in [5, 5.41) is 7.43. The van der Waals surface area contributed by atoms with Gasteiger partial charge in [0.1, 0.15) is 5.01 Å². The van der Waals surface area contributed by atoms with Crippen LogP contribution in [0.15, 0.2) is 35.3 Å². The van der Waals surface area contributed by atoms with E-state index >= 15 is 0 Å². The summed E-state index contributed by atoms with van der Waals surface area (Å²) in [6.07, 6.45) is 0.629. The minimum atomic E-state index is -2.91. The number of thiazole rings is 1. The quantitative estimate of drug-likeness (QED) is 0.603. The minimum absolute atomic E-state index is 0.0692. The van der Waals surface area contributed by atoms with Crippen LogP contribution in [0.3, 0.4) is 0 Å². The van der Waals surface area contributed by atoms with Gasteiger partial charge in [-0.25, -0.2) is 18.4 Å². The molecule has 1 fully saturated rings. The van der Waals surface area contributed by atoms with Crippen LogP contribution in [0.25, 0.3) is 10.6 Å². The van der Waals surface area contributed by atoms with Gasteiger partial charge in [-0.1, -0.05) is 30.3 Å². The van der Waals surface area contributed by atoms with Crippen LogP contribution in [-0.2, 0) is 16.4 Å². The Morgan fingerprint density at radius 1 is 1.35 bits per heavy atom. The van der Waals surface area contributed by atoms with Gasteiger partial charge in [0.25, 0.3) is 0 Å². The maximum absolute atomic E-state index is 11.6. The molecule has 2 aromatic rings. The fourth-order valence-corrected chi connectivity index (χ4v) is 5.52. The van der Waals surface area contributed by atoms with Crippen LogP contribution in [0.4, 0.5) is 0 Å². The molecular formula is C18H24N4O2S2. The number of nitrogens with zero attached hydrogens (tertiary/aromatic N) is 2. The van der Waals surface area contributed by atoms with Crippen LogP contribution in [0.5, 0.6) is 0 Å². The fraction of sp³-hybridized carbons (Fsp3) is 0.444. The highest BCUT2D eigenvalue weighted by Gasteiger charge is 2.28. The van der Waals surface area contributed by atoms with Gasteiger partial charge in [0.15, 0.2) is 15.8 Å². The first kappa shape index (κ1) is 18.8. The molecule has 1 atom stereocenters.